The van der Waals surface area contributed by atoms with Gasteiger partial charge in [-0.25, -0.2) is 4.79 Å². The van der Waals surface area contributed by atoms with E-state index in [4.69, 9.17) is 4.74 Å². The van der Waals surface area contributed by atoms with E-state index in [0.29, 0.717) is 39.3 Å². The maximum atomic E-state index is 12.4. The summed E-state index contributed by atoms with van der Waals surface area (Å²) in [5.41, 5.74) is 3.08. The van der Waals surface area contributed by atoms with Crippen LogP contribution in [0.25, 0.3) is 0 Å². The fourth-order valence-corrected chi connectivity index (χ4v) is 3.27. The van der Waals surface area contributed by atoms with Crippen LogP contribution >= 0.6 is 0 Å². The van der Waals surface area contributed by atoms with E-state index in [1.54, 1.807) is 11.8 Å². The number of aryl methyl sites for hydroxylation is 1. The van der Waals surface area contributed by atoms with Crippen molar-refractivity contribution in [1.29, 1.82) is 0 Å². The lowest BCUT2D eigenvalue weighted by Crippen LogP contribution is -2.50. The molecule has 2 amide bonds. The van der Waals surface area contributed by atoms with Crippen LogP contribution in [0.1, 0.15) is 26.3 Å². The summed E-state index contributed by atoms with van der Waals surface area (Å²) in [4.78, 5) is 30.2. The molecule has 1 aromatic carbocycles. The van der Waals surface area contributed by atoms with Crippen molar-refractivity contribution in [3.05, 3.63) is 23.8 Å². The molecule has 1 aliphatic rings. The largest absolute Gasteiger partial charge is 0.450 e. The van der Waals surface area contributed by atoms with E-state index in [1.165, 1.54) is 5.69 Å². The van der Waals surface area contributed by atoms with Crippen molar-refractivity contribution >= 4 is 23.4 Å². The molecule has 1 heterocycles. The Bertz CT molecular complexity index is 638. The fraction of sp³-hybridized carbons (Fsp3) is 0.600. The molecule has 0 unspecified atom stereocenters. The van der Waals surface area contributed by atoms with Gasteiger partial charge < -0.3 is 19.9 Å². The number of amides is 2. The van der Waals surface area contributed by atoms with Gasteiger partial charge in [-0.2, -0.15) is 0 Å². The number of ether oxygens (including phenoxy) is 1. The van der Waals surface area contributed by atoms with Gasteiger partial charge in [0.1, 0.15) is 0 Å². The Labute approximate surface area is 162 Å². The van der Waals surface area contributed by atoms with E-state index in [1.807, 2.05) is 19.1 Å². The number of piperazine rings is 1. The van der Waals surface area contributed by atoms with E-state index >= 15 is 0 Å². The molecule has 7 heteroatoms. The third-order valence-corrected chi connectivity index (χ3v) is 4.88. The second-order valence-electron chi connectivity index (χ2n) is 6.68. The molecule has 0 bridgehead atoms. The van der Waals surface area contributed by atoms with Crippen molar-refractivity contribution in [2.75, 3.05) is 62.6 Å². The Morgan fingerprint density at radius 1 is 1.11 bits per heavy atom. The van der Waals surface area contributed by atoms with Gasteiger partial charge in [0.05, 0.1) is 13.2 Å². The molecule has 1 N–H and O–H groups in total. The average Bonchev–Trinajstić information content (AvgIpc) is 2.65. The predicted molar refractivity (Wildman–Crippen MR) is 108 cm³/mol. The van der Waals surface area contributed by atoms with E-state index in [0.717, 1.165) is 24.3 Å². The van der Waals surface area contributed by atoms with Gasteiger partial charge in [0.15, 0.2) is 0 Å². The van der Waals surface area contributed by atoms with Crippen molar-refractivity contribution in [2.45, 2.75) is 27.7 Å². The maximum Gasteiger partial charge on any atom is 0.409 e. The summed E-state index contributed by atoms with van der Waals surface area (Å²) in [6, 6.07) is 6.13. The van der Waals surface area contributed by atoms with Gasteiger partial charge in [-0.15, -0.1) is 0 Å². The molecular formula is C20H32N4O3. The molecule has 2 rings (SSSR count). The molecule has 0 aliphatic carbocycles. The molecule has 0 spiro atoms. The Kier molecular flexibility index (Phi) is 7.91. The third-order valence-electron chi connectivity index (χ3n) is 4.88. The molecule has 0 atom stereocenters. The number of carbonyl (C=O) groups is 2. The van der Waals surface area contributed by atoms with Crippen LogP contribution in [0.3, 0.4) is 0 Å². The second kappa shape index (κ2) is 10.2. The van der Waals surface area contributed by atoms with Gasteiger partial charge in [-0.3, -0.25) is 9.69 Å². The summed E-state index contributed by atoms with van der Waals surface area (Å²) >= 11 is 0. The highest BCUT2D eigenvalue weighted by molar-refractivity contribution is 5.93. The van der Waals surface area contributed by atoms with Crippen LogP contribution in [0.15, 0.2) is 18.2 Å². The highest BCUT2D eigenvalue weighted by atomic mass is 16.6. The average molecular weight is 377 g/mol. The van der Waals surface area contributed by atoms with Gasteiger partial charge >= 0.3 is 6.09 Å². The first-order valence-corrected chi connectivity index (χ1v) is 9.77. The summed E-state index contributed by atoms with van der Waals surface area (Å²) in [6.45, 7) is 13.2. The zero-order valence-corrected chi connectivity index (χ0v) is 17.0. The number of benzene rings is 1. The quantitative estimate of drug-likeness (QED) is 0.792. The van der Waals surface area contributed by atoms with Crippen LogP contribution in [-0.4, -0.2) is 74.2 Å². The zero-order valence-electron chi connectivity index (χ0n) is 17.0. The summed E-state index contributed by atoms with van der Waals surface area (Å²) in [5.74, 6) is -0.0294. The van der Waals surface area contributed by atoms with Crippen LogP contribution in [-0.2, 0) is 9.53 Å². The Morgan fingerprint density at radius 2 is 1.78 bits per heavy atom. The number of carbonyl (C=O) groups excluding carboxylic acids is 2. The van der Waals surface area contributed by atoms with E-state index < -0.39 is 0 Å². The van der Waals surface area contributed by atoms with Crippen molar-refractivity contribution < 1.29 is 14.3 Å². The molecule has 27 heavy (non-hydrogen) atoms. The molecule has 0 radical (unpaired) electrons. The van der Waals surface area contributed by atoms with Crippen LogP contribution in [0, 0.1) is 6.92 Å². The highest BCUT2D eigenvalue weighted by Gasteiger charge is 2.23. The van der Waals surface area contributed by atoms with Crippen LogP contribution in [0.5, 0.6) is 0 Å². The Balaban J connectivity index is 1.85. The molecule has 1 aromatic rings. The minimum atomic E-state index is -0.273. The first-order valence-electron chi connectivity index (χ1n) is 9.77. The molecule has 0 saturated carbocycles. The number of nitrogens with one attached hydrogen (secondary N) is 1. The summed E-state index contributed by atoms with van der Waals surface area (Å²) in [7, 11) is 0. The minimum Gasteiger partial charge on any atom is -0.450 e. The Hall–Kier alpha value is -2.28. The molecule has 7 nitrogen and oxygen atoms in total. The third kappa shape index (κ3) is 5.85. The topological polar surface area (TPSA) is 65.1 Å². The minimum absolute atomic E-state index is 0.0294. The molecule has 1 aliphatic heterocycles. The van der Waals surface area contributed by atoms with E-state index in [2.05, 4.69) is 35.0 Å². The standard InChI is InChI=1S/C20H32N4O3/c1-5-23(6-2)17-8-9-18(16(4)14-17)21-19(25)15-22-10-12-24(13-11-22)20(26)27-7-3/h8-9,14H,5-7,10-13,15H2,1-4H3,(H,21,25). The number of hydrogen-bond donors (Lipinski definition) is 1. The van der Waals surface area contributed by atoms with Crippen LogP contribution in [0.4, 0.5) is 16.2 Å². The summed E-state index contributed by atoms with van der Waals surface area (Å²) < 4.78 is 5.02. The lowest BCUT2D eigenvalue weighted by Gasteiger charge is -2.33. The lowest BCUT2D eigenvalue weighted by molar-refractivity contribution is -0.117. The van der Waals surface area contributed by atoms with E-state index in [-0.39, 0.29) is 12.0 Å². The molecule has 150 valence electrons. The normalized spacial score (nSPS) is 14.7. The first-order chi connectivity index (χ1) is 13.0. The van der Waals surface area contributed by atoms with Crippen molar-refractivity contribution in [3.8, 4) is 0 Å². The van der Waals surface area contributed by atoms with Gasteiger partial charge in [-0.05, 0) is 51.5 Å². The fourth-order valence-electron chi connectivity index (χ4n) is 3.27. The SMILES string of the molecule is CCOC(=O)N1CCN(CC(=O)Nc2ccc(N(CC)CC)cc2C)CC1. The van der Waals surface area contributed by atoms with Crippen molar-refractivity contribution in [2.24, 2.45) is 0 Å². The summed E-state index contributed by atoms with van der Waals surface area (Å²) in [6.07, 6.45) is -0.273. The number of nitrogens with zero attached hydrogens (tertiary/aromatic N) is 3. The predicted octanol–water partition coefficient (Wildman–Crippen LogP) is 2.55. The van der Waals surface area contributed by atoms with Gasteiger partial charge in [0.25, 0.3) is 0 Å². The lowest BCUT2D eigenvalue weighted by atomic mass is 10.1. The second-order valence-corrected chi connectivity index (χ2v) is 6.68. The molecule has 0 aromatic heterocycles. The highest BCUT2D eigenvalue weighted by Crippen LogP contribution is 2.22. The Morgan fingerprint density at radius 3 is 2.33 bits per heavy atom. The monoisotopic (exact) mass is 376 g/mol. The number of rotatable bonds is 7. The van der Waals surface area contributed by atoms with Crippen molar-refractivity contribution in [3.63, 3.8) is 0 Å². The molecule has 1 fully saturated rings. The molecular weight excluding hydrogens is 344 g/mol. The van der Waals surface area contributed by atoms with Crippen LogP contribution < -0.4 is 10.2 Å². The van der Waals surface area contributed by atoms with Gasteiger partial charge in [0, 0.05) is 50.6 Å². The smallest absolute Gasteiger partial charge is 0.409 e. The first kappa shape index (κ1) is 21.0. The number of anilines is 2. The van der Waals surface area contributed by atoms with Gasteiger partial charge in [0.2, 0.25) is 5.91 Å². The van der Waals surface area contributed by atoms with Crippen molar-refractivity contribution in [1.82, 2.24) is 9.80 Å². The maximum absolute atomic E-state index is 12.4. The van der Waals surface area contributed by atoms with Crippen LogP contribution in [0.2, 0.25) is 0 Å². The van der Waals surface area contributed by atoms with E-state index in [9.17, 15) is 9.59 Å². The van der Waals surface area contributed by atoms with Gasteiger partial charge in [-0.1, -0.05) is 0 Å². The summed E-state index contributed by atoms with van der Waals surface area (Å²) in [5, 5.41) is 3.01. The molecule has 1 saturated heterocycles. The number of hydrogen-bond acceptors (Lipinski definition) is 5. The zero-order chi connectivity index (χ0) is 19.8.